The van der Waals surface area contributed by atoms with Crippen LogP contribution >= 0.6 is 11.9 Å². The molecule has 0 fully saturated rings. The number of rotatable bonds is 9. The Morgan fingerprint density at radius 2 is 1.95 bits per heavy atom. The van der Waals surface area contributed by atoms with E-state index in [-0.39, 0.29) is 22.9 Å². The summed E-state index contributed by atoms with van der Waals surface area (Å²) >= 11 is 1.39. The number of nitrogens with two attached hydrogens (primary N) is 1. The van der Waals surface area contributed by atoms with E-state index in [0.717, 1.165) is 11.5 Å². The normalized spacial score (nSPS) is 11.1. The number of halogens is 2. The Balaban J connectivity index is 1.43. The van der Waals surface area contributed by atoms with Gasteiger partial charge in [0.15, 0.2) is 17.3 Å². The molecular formula is C27H23F2N5O4S. The van der Waals surface area contributed by atoms with Crippen LogP contribution in [0.25, 0.3) is 16.6 Å². The summed E-state index contributed by atoms with van der Waals surface area (Å²) in [6.07, 6.45) is 3.27. The van der Waals surface area contributed by atoms with E-state index in [4.69, 9.17) is 20.2 Å². The number of ketones is 1. The number of H-pyrrole nitrogens is 1. The van der Waals surface area contributed by atoms with Crippen LogP contribution in [-0.4, -0.2) is 33.9 Å². The summed E-state index contributed by atoms with van der Waals surface area (Å²) in [4.78, 5) is 26.6. The molecule has 0 atom stereocenters. The predicted octanol–water partition coefficient (Wildman–Crippen LogP) is 6.18. The number of hydrogen-bond acceptors (Lipinski definition) is 8. The molecule has 9 nitrogen and oxygen atoms in total. The molecule has 0 amide bonds. The third-order valence-corrected chi connectivity index (χ3v) is 6.37. The fourth-order valence-electron chi connectivity index (χ4n) is 4.12. The van der Waals surface area contributed by atoms with Crippen LogP contribution in [0.15, 0.2) is 60.8 Å². The molecule has 0 spiro atoms. The topological polar surface area (TPSA) is 116 Å². The molecule has 4 N–H and O–H groups in total. The SMILES string of the molecule is COOc1cc2cc(C(=O)c3cnn(-c4ccc(Oc5cccc(F)c5F)cc4C)c3N)[nH]c2cc1NSC. The third kappa shape index (κ3) is 4.99. The second-order valence-electron chi connectivity index (χ2n) is 8.46. The molecule has 3 aromatic carbocycles. The van der Waals surface area contributed by atoms with E-state index >= 15 is 0 Å². The molecule has 5 aromatic rings. The first kappa shape index (κ1) is 26.1. The van der Waals surface area contributed by atoms with Gasteiger partial charge in [-0.05, 0) is 61.0 Å². The van der Waals surface area contributed by atoms with E-state index in [1.54, 1.807) is 37.3 Å². The highest BCUT2D eigenvalue weighted by Gasteiger charge is 2.21. The van der Waals surface area contributed by atoms with Crippen molar-refractivity contribution < 1.29 is 28.1 Å². The molecule has 5 rings (SSSR count). The quantitative estimate of drug-likeness (QED) is 0.0861. The minimum atomic E-state index is -1.07. The van der Waals surface area contributed by atoms with E-state index in [1.807, 2.05) is 12.3 Å². The van der Waals surface area contributed by atoms with E-state index in [0.29, 0.717) is 39.6 Å². The lowest BCUT2D eigenvalue weighted by molar-refractivity contribution is -0.177. The molecule has 0 radical (unpaired) electrons. The zero-order valence-corrected chi connectivity index (χ0v) is 21.9. The van der Waals surface area contributed by atoms with E-state index in [2.05, 4.69) is 14.8 Å². The van der Waals surface area contributed by atoms with Gasteiger partial charge in [-0.1, -0.05) is 18.0 Å². The van der Waals surface area contributed by atoms with Crippen LogP contribution in [0.4, 0.5) is 20.3 Å². The molecular weight excluding hydrogens is 528 g/mol. The van der Waals surface area contributed by atoms with Gasteiger partial charge in [-0.15, -0.1) is 0 Å². The first-order valence-electron chi connectivity index (χ1n) is 11.6. The Morgan fingerprint density at radius 1 is 1.13 bits per heavy atom. The van der Waals surface area contributed by atoms with Crippen LogP contribution in [0.5, 0.6) is 17.2 Å². The number of nitrogens with zero attached hydrogens (tertiary/aromatic N) is 2. The Kier molecular flexibility index (Phi) is 7.13. The minimum Gasteiger partial charge on any atom is -0.454 e. The van der Waals surface area contributed by atoms with Gasteiger partial charge in [0.2, 0.25) is 11.6 Å². The summed E-state index contributed by atoms with van der Waals surface area (Å²) < 4.78 is 37.6. The maximum Gasteiger partial charge on any atom is 0.214 e. The number of aromatic amines is 1. The molecule has 200 valence electrons. The van der Waals surface area contributed by atoms with Gasteiger partial charge in [0, 0.05) is 17.2 Å². The van der Waals surface area contributed by atoms with Gasteiger partial charge in [-0.2, -0.15) is 14.4 Å². The summed E-state index contributed by atoms with van der Waals surface area (Å²) in [5.74, 6) is -1.75. The summed E-state index contributed by atoms with van der Waals surface area (Å²) in [5, 5.41) is 5.06. The van der Waals surface area contributed by atoms with Crippen molar-refractivity contribution in [3.05, 3.63) is 89.2 Å². The van der Waals surface area contributed by atoms with Crippen molar-refractivity contribution in [2.75, 3.05) is 23.8 Å². The fourth-order valence-corrected chi connectivity index (χ4v) is 4.50. The summed E-state index contributed by atoms with van der Waals surface area (Å²) in [5.41, 5.74) is 9.54. The zero-order valence-electron chi connectivity index (χ0n) is 21.0. The number of benzene rings is 3. The Morgan fingerprint density at radius 3 is 2.69 bits per heavy atom. The Hall–Kier alpha value is -4.55. The second kappa shape index (κ2) is 10.7. The van der Waals surface area contributed by atoms with Gasteiger partial charge in [-0.25, -0.2) is 9.07 Å². The highest BCUT2D eigenvalue weighted by Crippen LogP contribution is 2.34. The Bertz CT molecular complexity index is 1660. The standard InChI is InChI=1S/C27H23F2N5O4S/c1-14-9-16(37-23-6-4-5-18(28)25(23)29)7-8-22(14)34-27(30)17(13-31-34)26(35)21-10-15-11-24(38-36-2)20(33-39-3)12-19(15)32-21/h4-13,32-33H,30H2,1-3H3. The number of ether oxygens (including phenoxy) is 1. The van der Waals surface area contributed by atoms with Crippen LogP contribution in [0.1, 0.15) is 21.6 Å². The number of carbonyl (C=O) groups is 1. The van der Waals surface area contributed by atoms with Gasteiger partial charge >= 0.3 is 0 Å². The first-order chi connectivity index (χ1) is 18.8. The fraction of sp³-hybridized carbons (Fsp3) is 0.111. The minimum absolute atomic E-state index is 0.139. The van der Waals surface area contributed by atoms with Crippen LogP contribution in [0, 0.1) is 18.6 Å². The smallest absolute Gasteiger partial charge is 0.214 e. The van der Waals surface area contributed by atoms with Gasteiger partial charge < -0.3 is 25.1 Å². The molecule has 0 aliphatic carbocycles. The highest BCUT2D eigenvalue weighted by molar-refractivity contribution is 7.99. The van der Waals surface area contributed by atoms with Crippen molar-refractivity contribution in [2.24, 2.45) is 0 Å². The van der Waals surface area contributed by atoms with Crippen molar-refractivity contribution in [1.82, 2.24) is 14.8 Å². The number of aromatic nitrogens is 3. The number of carbonyl (C=O) groups excluding carboxylic acids is 1. The molecule has 2 heterocycles. The van der Waals surface area contributed by atoms with Crippen molar-refractivity contribution in [3.63, 3.8) is 0 Å². The van der Waals surface area contributed by atoms with Gasteiger partial charge in [0.25, 0.3) is 0 Å². The number of nitrogen functional groups attached to an aromatic ring is 1. The third-order valence-electron chi connectivity index (χ3n) is 5.94. The summed E-state index contributed by atoms with van der Waals surface area (Å²) in [6.45, 7) is 1.78. The Labute approximate surface area is 225 Å². The molecule has 0 saturated heterocycles. The molecule has 0 saturated carbocycles. The van der Waals surface area contributed by atoms with Crippen molar-refractivity contribution in [3.8, 4) is 22.9 Å². The number of nitrogens with one attached hydrogen (secondary N) is 2. The zero-order chi connectivity index (χ0) is 27.7. The molecule has 0 aliphatic rings. The van der Waals surface area contributed by atoms with Gasteiger partial charge in [0.05, 0.1) is 35.9 Å². The summed E-state index contributed by atoms with van der Waals surface area (Å²) in [6, 6.07) is 13.8. The summed E-state index contributed by atoms with van der Waals surface area (Å²) in [7, 11) is 1.41. The number of hydrogen-bond donors (Lipinski definition) is 3. The lowest BCUT2D eigenvalue weighted by Gasteiger charge is -2.12. The molecule has 2 aromatic heterocycles. The molecule has 0 aliphatic heterocycles. The van der Waals surface area contributed by atoms with E-state index in [9.17, 15) is 13.6 Å². The van der Waals surface area contributed by atoms with Crippen LogP contribution in [0.3, 0.4) is 0 Å². The molecule has 0 bridgehead atoms. The molecule has 12 heteroatoms. The number of aryl methyl sites for hydroxylation is 1. The maximum atomic E-state index is 14.0. The lowest BCUT2D eigenvalue weighted by Crippen LogP contribution is -2.08. The van der Waals surface area contributed by atoms with E-state index in [1.165, 1.54) is 42.1 Å². The van der Waals surface area contributed by atoms with Crippen molar-refractivity contribution >= 4 is 40.1 Å². The molecule has 0 unspecified atom stereocenters. The second-order valence-corrected chi connectivity index (χ2v) is 9.07. The highest BCUT2D eigenvalue weighted by atomic mass is 32.2. The number of anilines is 2. The first-order valence-corrected chi connectivity index (χ1v) is 12.8. The van der Waals surface area contributed by atoms with Crippen LogP contribution < -0.4 is 20.1 Å². The predicted molar refractivity (Wildman–Crippen MR) is 146 cm³/mol. The monoisotopic (exact) mass is 551 g/mol. The van der Waals surface area contributed by atoms with Crippen LogP contribution in [0.2, 0.25) is 0 Å². The lowest BCUT2D eigenvalue weighted by atomic mass is 10.1. The largest absolute Gasteiger partial charge is 0.454 e. The van der Waals surface area contributed by atoms with Gasteiger partial charge in [-0.3, -0.25) is 4.79 Å². The molecule has 39 heavy (non-hydrogen) atoms. The average molecular weight is 552 g/mol. The van der Waals surface area contributed by atoms with Crippen LogP contribution in [-0.2, 0) is 4.89 Å². The van der Waals surface area contributed by atoms with Crippen molar-refractivity contribution in [2.45, 2.75) is 6.92 Å². The maximum absolute atomic E-state index is 14.0. The van der Waals surface area contributed by atoms with Gasteiger partial charge in [0.1, 0.15) is 11.6 Å². The average Bonchev–Trinajstić information content (AvgIpc) is 3.50. The van der Waals surface area contributed by atoms with Crippen molar-refractivity contribution in [1.29, 1.82) is 0 Å². The number of fused-ring (bicyclic) bond motifs is 1. The van der Waals surface area contributed by atoms with E-state index < -0.39 is 11.6 Å².